The van der Waals surface area contributed by atoms with Crippen molar-refractivity contribution in [3.05, 3.63) is 48.0 Å². The molecule has 2 saturated heterocycles. The van der Waals surface area contributed by atoms with Gasteiger partial charge in [0.1, 0.15) is 0 Å². The average Bonchev–Trinajstić information content (AvgIpc) is 3.22. The summed E-state index contributed by atoms with van der Waals surface area (Å²) >= 11 is 0. The Bertz CT molecular complexity index is 766. The molecule has 0 aromatic heterocycles. The summed E-state index contributed by atoms with van der Waals surface area (Å²) in [7, 11) is 0. The molecule has 2 unspecified atom stereocenters. The van der Waals surface area contributed by atoms with E-state index in [1.165, 1.54) is 16.3 Å². The highest BCUT2D eigenvalue weighted by molar-refractivity contribution is 5.90. The third kappa shape index (κ3) is 2.48. The number of hydrogen-bond acceptors (Lipinski definition) is 2. The topological polar surface area (TPSA) is 49.4 Å². The van der Waals surface area contributed by atoms with Gasteiger partial charge in [0.05, 0.1) is 12.0 Å². The van der Waals surface area contributed by atoms with E-state index < -0.39 is 0 Å². The Balaban J connectivity index is 1.67. The summed E-state index contributed by atoms with van der Waals surface area (Å²) in [4.78, 5) is 26.3. The van der Waals surface area contributed by atoms with Crippen molar-refractivity contribution < 1.29 is 9.59 Å². The number of likely N-dealkylation sites (tertiary alicyclic amines) is 1. The molecule has 0 radical (unpaired) electrons. The fourth-order valence-electron chi connectivity index (χ4n) is 3.91. The summed E-state index contributed by atoms with van der Waals surface area (Å²) in [6.45, 7) is 1.27. The molecule has 2 atom stereocenters. The van der Waals surface area contributed by atoms with E-state index in [2.05, 4.69) is 35.6 Å². The Morgan fingerprint density at radius 2 is 1.96 bits per heavy atom. The maximum atomic E-state index is 12.8. The summed E-state index contributed by atoms with van der Waals surface area (Å²) in [5.74, 6) is -0.0823. The predicted molar refractivity (Wildman–Crippen MR) is 88.8 cm³/mol. The van der Waals surface area contributed by atoms with Gasteiger partial charge in [0.2, 0.25) is 11.8 Å². The second-order valence-electron chi connectivity index (χ2n) is 6.46. The van der Waals surface area contributed by atoms with Crippen LogP contribution in [0, 0.1) is 5.92 Å². The summed E-state index contributed by atoms with van der Waals surface area (Å²) in [5, 5.41) is 5.20. The molecular weight excluding hydrogens is 288 g/mol. The first-order valence-corrected chi connectivity index (χ1v) is 8.29. The number of nitrogens with zero attached hydrogens (tertiary/aromatic N) is 1. The summed E-state index contributed by atoms with van der Waals surface area (Å²) in [6, 6.07) is 14.8. The number of carbonyl (C=O) groups excluding carboxylic acids is 2. The van der Waals surface area contributed by atoms with Gasteiger partial charge in [-0.3, -0.25) is 9.59 Å². The lowest BCUT2D eigenvalue weighted by molar-refractivity contribution is -0.136. The van der Waals surface area contributed by atoms with Gasteiger partial charge in [-0.15, -0.1) is 0 Å². The van der Waals surface area contributed by atoms with Crippen molar-refractivity contribution in [3.63, 3.8) is 0 Å². The van der Waals surface area contributed by atoms with E-state index in [4.69, 9.17) is 0 Å². The van der Waals surface area contributed by atoms with Crippen LogP contribution in [0.25, 0.3) is 10.8 Å². The molecule has 4 rings (SSSR count). The highest BCUT2D eigenvalue weighted by atomic mass is 16.2. The van der Waals surface area contributed by atoms with Crippen molar-refractivity contribution in [2.75, 3.05) is 13.1 Å². The second kappa shape index (κ2) is 5.69. The van der Waals surface area contributed by atoms with Gasteiger partial charge in [0.15, 0.2) is 0 Å². The molecule has 2 aliphatic heterocycles. The Hall–Kier alpha value is -2.36. The third-order valence-corrected chi connectivity index (χ3v) is 5.04. The van der Waals surface area contributed by atoms with Gasteiger partial charge in [0, 0.05) is 19.5 Å². The van der Waals surface area contributed by atoms with E-state index in [0.29, 0.717) is 13.0 Å². The van der Waals surface area contributed by atoms with Gasteiger partial charge < -0.3 is 10.2 Å². The van der Waals surface area contributed by atoms with Crippen molar-refractivity contribution in [3.8, 4) is 0 Å². The van der Waals surface area contributed by atoms with Crippen molar-refractivity contribution in [1.29, 1.82) is 0 Å². The van der Waals surface area contributed by atoms with Gasteiger partial charge >= 0.3 is 0 Å². The smallest absolute Gasteiger partial charge is 0.228 e. The first-order valence-electron chi connectivity index (χ1n) is 8.29. The molecule has 1 N–H and O–H groups in total. The van der Waals surface area contributed by atoms with Gasteiger partial charge in [-0.2, -0.15) is 0 Å². The van der Waals surface area contributed by atoms with E-state index in [-0.39, 0.29) is 23.8 Å². The normalized spacial score (nSPS) is 24.2. The van der Waals surface area contributed by atoms with Crippen LogP contribution >= 0.6 is 0 Å². The molecule has 2 amide bonds. The third-order valence-electron chi connectivity index (χ3n) is 5.04. The number of benzene rings is 2. The van der Waals surface area contributed by atoms with E-state index in [1.54, 1.807) is 0 Å². The Morgan fingerprint density at radius 1 is 1.13 bits per heavy atom. The number of rotatable bonds is 2. The molecule has 4 nitrogen and oxygen atoms in total. The van der Waals surface area contributed by atoms with E-state index >= 15 is 0 Å². The Kier molecular flexibility index (Phi) is 3.52. The molecule has 0 aliphatic carbocycles. The Morgan fingerprint density at radius 3 is 2.78 bits per heavy atom. The van der Waals surface area contributed by atoms with Crippen molar-refractivity contribution >= 4 is 22.6 Å². The van der Waals surface area contributed by atoms with Crippen LogP contribution < -0.4 is 5.32 Å². The largest absolute Gasteiger partial charge is 0.355 e. The molecular formula is C19H20N2O2. The standard InChI is InChI=1S/C19H20N2O2/c22-18-11-14(12-20-18)19(23)21-10-4-9-17(21)16-8-3-6-13-5-1-2-7-15(13)16/h1-3,5-8,14,17H,4,9-12H2,(H,20,22). The molecule has 2 aliphatic rings. The zero-order valence-corrected chi connectivity index (χ0v) is 13.0. The first-order chi connectivity index (χ1) is 11.2. The van der Waals surface area contributed by atoms with Crippen LogP contribution in [0.3, 0.4) is 0 Å². The first kappa shape index (κ1) is 14.2. The SMILES string of the molecule is O=C1CC(C(=O)N2CCCC2c2cccc3ccccc23)CN1. The van der Waals surface area contributed by atoms with E-state index in [0.717, 1.165) is 19.4 Å². The monoisotopic (exact) mass is 308 g/mol. The molecule has 2 fully saturated rings. The maximum Gasteiger partial charge on any atom is 0.228 e. The van der Waals surface area contributed by atoms with Gasteiger partial charge in [-0.1, -0.05) is 42.5 Å². The lowest BCUT2D eigenvalue weighted by Gasteiger charge is -2.28. The number of hydrogen-bond donors (Lipinski definition) is 1. The van der Waals surface area contributed by atoms with Crippen LogP contribution in [-0.2, 0) is 9.59 Å². The quantitative estimate of drug-likeness (QED) is 0.927. The minimum atomic E-state index is -0.196. The molecule has 2 aromatic carbocycles. The average molecular weight is 308 g/mol. The van der Waals surface area contributed by atoms with Crippen LogP contribution in [0.15, 0.2) is 42.5 Å². The number of nitrogens with one attached hydrogen (secondary N) is 1. The van der Waals surface area contributed by atoms with Crippen LogP contribution in [0.2, 0.25) is 0 Å². The number of carbonyl (C=O) groups is 2. The highest BCUT2D eigenvalue weighted by Crippen LogP contribution is 2.37. The molecule has 118 valence electrons. The maximum absolute atomic E-state index is 12.8. The molecule has 4 heteroatoms. The Labute approximate surface area is 135 Å². The van der Waals surface area contributed by atoms with Crippen LogP contribution in [0.5, 0.6) is 0 Å². The summed E-state index contributed by atoms with van der Waals surface area (Å²) in [6.07, 6.45) is 2.35. The van der Waals surface area contributed by atoms with Gasteiger partial charge in [-0.05, 0) is 29.2 Å². The molecule has 2 heterocycles. The molecule has 0 saturated carbocycles. The lowest BCUT2D eigenvalue weighted by Crippen LogP contribution is -2.36. The fourth-order valence-corrected chi connectivity index (χ4v) is 3.91. The fraction of sp³-hybridized carbons (Fsp3) is 0.368. The predicted octanol–water partition coefficient (Wildman–Crippen LogP) is 2.64. The zero-order chi connectivity index (χ0) is 15.8. The van der Waals surface area contributed by atoms with Crippen LogP contribution in [0.4, 0.5) is 0 Å². The summed E-state index contributed by atoms with van der Waals surface area (Å²) < 4.78 is 0. The van der Waals surface area contributed by atoms with Gasteiger partial charge in [-0.25, -0.2) is 0 Å². The minimum absolute atomic E-state index is 0.00995. The van der Waals surface area contributed by atoms with Crippen LogP contribution in [-0.4, -0.2) is 29.8 Å². The number of fused-ring (bicyclic) bond motifs is 1. The molecule has 0 bridgehead atoms. The summed E-state index contributed by atoms with van der Waals surface area (Å²) in [5.41, 5.74) is 1.23. The molecule has 0 spiro atoms. The van der Waals surface area contributed by atoms with E-state index in [9.17, 15) is 9.59 Å². The highest BCUT2D eigenvalue weighted by Gasteiger charge is 2.37. The molecule has 23 heavy (non-hydrogen) atoms. The van der Waals surface area contributed by atoms with Crippen molar-refractivity contribution in [2.24, 2.45) is 5.92 Å². The van der Waals surface area contributed by atoms with Crippen LogP contribution in [0.1, 0.15) is 30.9 Å². The van der Waals surface area contributed by atoms with Crippen molar-refractivity contribution in [2.45, 2.75) is 25.3 Å². The molecule has 2 aromatic rings. The van der Waals surface area contributed by atoms with Crippen molar-refractivity contribution in [1.82, 2.24) is 10.2 Å². The minimum Gasteiger partial charge on any atom is -0.355 e. The lowest BCUT2D eigenvalue weighted by atomic mass is 9.96. The zero-order valence-electron chi connectivity index (χ0n) is 13.0. The van der Waals surface area contributed by atoms with E-state index in [1.807, 2.05) is 17.0 Å². The number of amides is 2. The second-order valence-corrected chi connectivity index (χ2v) is 6.46. The van der Waals surface area contributed by atoms with Gasteiger partial charge in [0.25, 0.3) is 0 Å².